The Morgan fingerprint density at radius 2 is 1.77 bits per heavy atom. The Morgan fingerprint density at radius 1 is 1.10 bits per heavy atom. The first-order valence-corrected chi connectivity index (χ1v) is 12.5. The highest BCUT2D eigenvalue weighted by atomic mass is 32.2. The SMILES string of the molecule is Cc1ccc(CC(=O)N=C2SC3CS(=O)(=O)CC3N2c2ccc(N(C)C)cc2)cc1. The highest BCUT2D eigenvalue weighted by Crippen LogP contribution is 2.41. The van der Waals surface area contributed by atoms with Gasteiger partial charge in [0.05, 0.1) is 24.0 Å². The summed E-state index contributed by atoms with van der Waals surface area (Å²) in [4.78, 5) is 21.0. The average Bonchev–Trinajstić information content (AvgIpc) is 3.14. The lowest BCUT2D eigenvalue weighted by Crippen LogP contribution is -2.37. The van der Waals surface area contributed by atoms with Gasteiger partial charge >= 0.3 is 0 Å². The fraction of sp³-hybridized carbons (Fsp3) is 0.364. The maximum atomic E-state index is 12.7. The molecule has 0 N–H and O–H groups in total. The van der Waals surface area contributed by atoms with Crippen LogP contribution in [-0.4, -0.2) is 56.4 Å². The number of anilines is 2. The van der Waals surface area contributed by atoms with Crippen LogP contribution in [0.25, 0.3) is 0 Å². The maximum absolute atomic E-state index is 12.7. The van der Waals surface area contributed by atoms with Crippen LogP contribution in [0.2, 0.25) is 0 Å². The number of rotatable bonds is 4. The Kier molecular flexibility index (Phi) is 5.63. The second kappa shape index (κ2) is 8.07. The summed E-state index contributed by atoms with van der Waals surface area (Å²) < 4.78 is 24.4. The van der Waals surface area contributed by atoms with E-state index in [1.807, 2.05) is 79.3 Å². The monoisotopic (exact) mass is 443 g/mol. The quantitative estimate of drug-likeness (QED) is 0.724. The van der Waals surface area contributed by atoms with E-state index in [0.717, 1.165) is 22.5 Å². The van der Waals surface area contributed by atoms with E-state index >= 15 is 0 Å². The zero-order chi connectivity index (χ0) is 21.5. The van der Waals surface area contributed by atoms with Crippen molar-refractivity contribution in [1.29, 1.82) is 0 Å². The van der Waals surface area contributed by atoms with Crippen molar-refractivity contribution in [1.82, 2.24) is 0 Å². The second-order valence-electron chi connectivity index (χ2n) is 8.03. The van der Waals surface area contributed by atoms with Gasteiger partial charge in [0.25, 0.3) is 5.91 Å². The van der Waals surface area contributed by atoms with Gasteiger partial charge in [-0.3, -0.25) is 4.79 Å². The molecule has 1 amide bonds. The number of nitrogens with zero attached hydrogens (tertiary/aromatic N) is 3. The van der Waals surface area contributed by atoms with Gasteiger partial charge in [-0.2, -0.15) is 4.99 Å². The number of hydrogen-bond acceptors (Lipinski definition) is 5. The third-order valence-electron chi connectivity index (χ3n) is 5.41. The molecule has 0 spiro atoms. The van der Waals surface area contributed by atoms with Gasteiger partial charge in [-0.25, -0.2) is 8.42 Å². The highest BCUT2D eigenvalue weighted by Gasteiger charge is 2.49. The first-order valence-electron chi connectivity index (χ1n) is 9.82. The smallest absolute Gasteiger partial charge is 0.252 e. The molecule has 0 aromatic heterocycles. The van der Waals surface area contributed by atoms with E-state index in [2.05, 4.69) is 4.99 Å². The van der Waals surface area contributed by atoms with Crippen LogP contribution >= 0.6 is 11.8 Å². The molecule has 30 heavy (non-hydrogen) atoms. The maximum Gasteiger partial charge on any atom is 0.252 e. The zero-order valence-electron chi connectivity index (χ0n) is 17.3. The summed E-state index contributed by atoms with van der Waals surface area (Å²) in [6.45, 7) is 2.01. The van der Waals surface area contributed by atoms with Crippen LogP contribution in [-0.2, 0) is 21.1 Å². The molecular formula is C22H25N3O3S2. The van der Waals surface area contributed by atoms with Crippen LogP contribution in [0, 0.1) is 6.92 Å². The Labute approximate surface area is 181 Å². The van der Waals surface area contributed by atoms with E-state index in [0.29, 0.717) is 5.17 Å². The Balaban J connectivity index is 1.62. The van der Waals surface area contributed by atoms with Crippen molar-refractivity contribution in [3.8, 4) is 0 Å². The average molecular weight is 444 g/mol. The largest absolute Gasteiger partial charge is 0.378 e. The Hall–Kier alpha value is -2.32. The zero-order valence-corrected chi connectivity index (χ0v) is 18.9. The van der Waals surface area contributed by atoms with Gasteiger partial charge in [0.1, 0.15) is 0 Å². The van der Waals surface area contributed by atoms with Gasteiger partial charge in [-0.05, 0) is 36.8 Å². The molecule has 4 rings (SSSR count). The number of hydrogen-bond donors (Lipinski definition) is 0. The van der Waals surface area contributed by atoms with Gasteiger partial charge in [0.15, 0.2) is 15.0 Å². The number of benzene rings is 2. The molecule has 2 fully saturated rings. The molecule has 2 aliphatic rings. The van der Waals surface area contributed by atoms with Crippen molar-refractivity contribution >= 4 is 44.0 Å². The molecule has 2 aromatic carbocycles. The van der Waals surface area contributed by atoms with Crippen molar-refractivity contribution < 1.29 is 13.2 Å². The van der Waals surface area contributed by atoms with Gasteiger partial charge < -0.3 is 9.80 Å². The number of aliphatic imine (C=N–C) groups is 1. The fourth-order valence-electron chi connectivity index (χ4n) is 3.80. The van der Waals surface area contributed by atoms with E-state index in [4.69, 9.17) is 0 Å². The van der Waals surface area contributed by atoms with Crippen LogP contribution < -0.4 is 9.80 Å². The van der Waals surface area contributed by atoms with E-state index < -0.39 is 9.84 Å². The third-order valence-corrected chi connectivity index (χ3v) is 8.62. The summed E-state index contributed by atoms with van der Waals surface area (Å²) in [5.74, 6) is -0.00971. The normalized spacial score (nSPS) is 23.6. The molecule has 2 unspecified atom stereocenters. The first-order chi connectivity index (χ1) is 14.2. The van der Waals surface area contributed by atoms with E-state index in [9.17, 15) is 13.2 Å². The summed E-state index contributed by atoms with van der Waals surface area (Å²) in [5.41, 5.74) is 3.97. The number of fused-ring (bicyclic) bond motifs is 1. The summed E-state index contributed by atoms with van der Waals surface area (Å²) in [7, 11) is 0.855. The topological polar surface area (TPSA) is 70.0 Å². The number of amides is 1. The van der Waals surface area contributed by atoms with Crippen LogP contribution in [0.4, 0.5) is 11.4 Å². The van der Waals surface area contributed by atoms with Gasteiger partial charge in [-0.15, -0.1) is 0 Å². The lowest BCUT2D eigenvalue weighted by Gasteiger charge is -2.25. The van der Waals surface area contributed by atoms with Crippen molar-refractivity contribution in [2.45, 2.75) is 24.6 Å². The molecule has 0 aliphatic carbocycles. The minimum atomic E-state index is -3.08. The third kappa shape index (κ3) is 4.39. The molecule has 2 saturated heterocycles. The lowest BCUT2D eigenvalue weighted by molar-refractivity contribution is -0.117. The Bertz CT molecular complexity index is 1080. The van der Waals surface area contributed by atoms with Gasteiger partial charge in [0, 0.05) is 30.7 Å². The van der Waals surface area contributed by atoms with Crippen LogP contribution in [0.15, 0.2) is 53.5 Å². The van der Waals surface area contributed by atoms with Crippen molar-refractivity contribution in [2.24, 2.45) is 4.99 Å². The van der Waals surface area contributed by atoms with Crippen molar-refractivity contribution in [3.63, 3.8) is 0 Å². The second-order valence-corrected chi connectivity index (χ2v) is 11.4. The molecule has 2 atom stereocenters. The fourth-order valence-corrected chi connectivity index (χ4v) is 7.74. The predicted octanol–water partition coefficient (Wildman–Crippen LogP) is 2.91. The number of thioether (sulfide) groups is 1. The summed E-state index contributed by atoms with van der Waals surface area (Å²) in [6, 6.07) is 15.5. The molecule has 2 aliphatic heterocycles. The van der Waals surface area contributed by atoms with Crippen LogP contribution in [0.5, 0.6) is 0 Å². The van der Waals surface area contributed by atoms with Gasteiger partial charge in [-0.1, -0.05) is 41.6 Å². The molecule has 0 bridgehead atoms. The predicted molar refractivity (Wildman–Crippen MR) is 124 cm³/mol. The van der Waals surface area contributed by atoms with Crippen molar-refractivity contribution in [3.05, 3.63) is 59.7 Å². The minimum Gasteiger partial charge on any atom is -0.378 e. The van der Waals surface area contributed by atoms with Crippen molar-refractivity contribution in [2.75, 3.05) is 35.4 Å². The standard InChI is InChI=1S/C22H25N3O3S2/c1-15-4-6-16(7-5-15)12-21(26)23-22-25(18-10-8-17(9-11-18)24(2)3)19-13-30(27,28)14-20(19)29-22/h4-11,19-20H,12-14H2,1-3H3. The summed E-state index contributed by atoms with van der Waals surface area (Å²) >= 11 is 1.40. The van der Waals surface area contributed by atoms with E-state index in [-0.39, 0.29) is 35.1 Å². The molecule has 2 aromatic rings. The minimum absolute atomic E-state index is 0.0886. The van der Waals surface area contributed by atoms with E-state index in [1.165, 1.54) is 11.8 Å². The number of amidine groups is 1. The molecule has 0 saturated carbocycles. The number of carbonyl (C=O) groups is 1. The highest BCUT2D eigenvalue weighted by molar-refractivity contribution is 8.16. The summed E-state index contributed by atoms with van der Waals surface area (Å²) in [5, 5.41) is 0.490. The molecule has 0 radical (unpaired) electrons. The lowest BCUT2D eigenvalue weighted by atomic mass is 10.1. The number of aryl methyl sites for hydroxylation is 1. The number of carbonyl (C=O) groups excluding carboxylic acids is 1. The van der Waals surface area contributed by atoms with Crippen LogP contribution in [0.3, 0.4) is 0 Å². The summed E-state index contributed by atoms with van der Waals surface area (Å²) in [6.07, 6.45) is 0.228. The molecule has 6 nitrogen and oxygen atoms in total. The Morgan fingerprint density at radius 3 is 2.40 bits per heavy atom. The molecule has 2 heterocycles. The molecular weight excluding hydrogens is 418 g/mol. The molecule has 8 heteroatoms. The van der Waals surface area contributed by atoms with Crippen LogP contribution in [0.1, 0.15) is 11.1 Å². The first kappa shape index (κ1) is 20.9. The van der Waals surface area contributed by atoms with Gasteiger partial charge in [0.2, 0.25) is 0 Å². The molecule has 158 valence electrons. The number of sulfone groups is 1. The van der Waals surface area contributed by atoms with E-state index in [1.54, 1.807) is 0 Å².